The van der Waals surface area contributed by atoms with Crippen LogP contribution in [0.2, 0.25) is 0 Å². The Morgan fingerprint density at radius 1 is 0.552 bits per heavy atom. The molecule has 144 valence electrons. The van der Waals surface area contributed by atoms with Gasteiger partial charge in [-0.15, -0.1) is 0 Å². The number of allylic oxidation sites excluding steroid dienone is 3. The van der Waals surface area contributed by atoms with Crippen molar-refractivity contribution in [1.29, 1.82) is 0 Å². The Morgan fingerprint density at radius 3 is 1.07 bits per heavy atom. The summed E-state index contributed by atoms with van der Waals surface area (Å²) in [6, 6.07) is 0. The molecular weight excluding hydrogens is 446 g/mol. The standard InChI is InChI=1S/C14H9NO2.2C5H5.2Fe/c16-15(17)9-12-13(10-5-1-2-6-10)14(12)11-7-3-4-8-11;2*1-2-4-5-3-1;;/h1-9H;2*1-5H;;/q;;;2*+2. The van der Waals surface area contributed by atoms with E-state index < -0.39 is 4.92 Å². The minimum absolute atomic E-state index is 0. The first-order valence-electron chi connectivity index (χ1n) is 8.65. The van der Waals surface area contributed by atoms with Crippen molar-refractivity contribution in [2.75, 3.05) is 0 Å². The van der Waals surface area contributed by atoms with Crippen LogP contribution < -0.4 is 0 Å². The van der Waals surface area contributed by atoms with Crippen LogP contribution in [-0.4, -0.2) is 4.92 Å². The van der Waals surface area contributed by atoms with E-state index in [1.165, 1.54) is 0 Å². The summed E-state index contributed by atoms with van der Waals surface area (Å²) in [5, 5.41) is 10.6. The normalized spacial score (nSPS) is 23.4. The zero-order valence-electron chi connectivity index (χ0n) is 15.4. The molecule has 0 spiro atoms. The van der Waals surface area contributed by atoms with Crippen LogP contribution in [0.1, 0.15) is 0 Å². The largest absolute Gasteiger partial charge is 2.00 e. The van der Waals surface area contributed by atoms with Crippen LogP contribution in [0.25, 0.3) is 0 Å². The number of nitro groups is 1. The Labute approximate surface area is 199 Å². The SMILES string of the molecule is O=[N+]([O-])C=C1C([C]2[CH][CH][CH][CH]2)=C1[C]1[CH][CH][CH][CH]1.[CH]1[CH][CH][CH][CH]1.[CH]1[CH][CH][CH][CH]1.[Fe+2].[Fe+2]. The van der Waals surface area contributed by atoms with E-state index in [0.717, 1.165) is 34.8 Å². The van der Waals surface area contributed by atoms with Gasteiger partial charge in [-0.1, -0.05) is 0 Å². The molecular formula is C24H19Fe2NO2+4. The second kappa shape index (κ2) is 14.8. The predicted octanol–water partition coefficient (Wildman–Crippen LogP) is 4.31. The molecule has 29 heavy (non-hydrogen) atoms. The van der Waals surface area contributed by atoms with Gasteiger partial charge in [0.25, 0.3) is 0 Å². The first kappa shape index (κ1) is 27.0. The first-order chi connectivity index (χ1) is 13.3. The van der Waals surface area contributed by atoms with Crippen molar-refractivity contribution in [2.24, 2.45) is 0 Å². The van der Waals surface area contributed by atoms with Crippen molar-refractivity contribution in [1.82, 2.24) is 0 Å². The van der Waals surface area contributed by atoms with Gasteiger partial charge in [0.2, 0.25) is 6.20 Å². The Bertz CT molecular complexity index is 486. The second-order valence-corrected chi connectivity index (χ2v) is 5.85. The summed E-state index contributed by atoms with van der Waals surface area (Å²) >= 11 is 0. The van der Waals surface area contributed by atoms with Crippen LogP contribution in [0.5, 0.6) is 0 Å². The quantitative estimate of drug-likeness (QED) is 0.355. The molecule has 0 bridgehead atoms. The van der Waals surface area contributed by atoms with Gasteiger partial charge in [-0.2, -0.15) is 0 Å². The molecule has 5 heteroatoms. The van der Waals surface area contributed by atoms with Crippen molar-refractivity contribution in [3.05, 3.63) is 160 Å². The molecule has 0 aromatic rings. The fourth-order valence-electron chi connectivity index (χ4n) is 2.76. The molecule has 5 rings (SSSR count). The molecule has 20 radical (unpaired) electrons. The van der Waals surface area contributed by atoms with E-state index in [1.54, 1.807) is 0 Å². The van der Waals surface area contributed by atoms with E-state index in [-0.39, 0.29) is 34.1 Å². The Kier molecular flexibility index (Phi) is 13.8. The minimum atomic E-state index is -0.395. The van der Waals surface area contributed by atoms with Gasteiger partial charge in [-0.25, -0.2) is 0 Å². The maximum Gasteiger partial charge on any atom is 2.00 e. The van der Waals surface area contributed by atoms with Gasteiger partial charge in [-0.05, 0) is 127 Å². The van der Waals surface area contributed by atoms with E-state index in [9.17, 15) is 10.1 Å². The van der Waals surface area contributed by atoms with Crippen LogP contribution in [0.3, 0.4) is 0 Å². The Hall–Kier alpha value is -0.0810. The van der Waals surface area contributed by atoms with E-state index in [2.05, 4.69) is 0 Å². The molecule has 3 nitrogen and oxygen atoms in total. The zero-order chi connectivity index (χ0) is 18.9. The van der Waals surface area contributed by atoms with E-state index in [4.69, 9.17) is 0 Å². The summed E-state index contributed by atoms with van der Waals surface area (Å²) in [5.41, 5.74) is 2.74. The van der Waals surface area contributed by atoms with Crippen LogP contribution in [0, 0.1) is 138 Å². The molecule has 0 heterocycles. The Balaban J connectivity index is 0.000000290. The third-order valence-electron chi connectivity index (χ3n) is 3.97. The number of hydrogen-bond donors (Lipinski definition) is 0. The average molecular weight is 465 g/mol. The summed E-state index contributed by atoms with van der Waals surface area (Å²) in [6.45, 7) is 0. The Morgan fingerprint density at radius 2 is 0.828 bits per heavy atom. The molecule has 0 unspecified atom stereocenters. The summed E-state index contributed by atoms with van der Waals surface area (Å²) in [4.78, 5) is 10.2. The molecule has 4 fully saturated rings. The molecule has 5 aliphatic carbocycles. The minimum Gasteiger partial charge on any atom is -0.259 e. The van der Waals surface area contributed by atoms with Crippen LogP contribution in [0.4, 0.5) is 0 Å². The number of nitrogens with zero attached hydrogens (tertiary/aromatic N) is 1. The monoisotopic (exact) mass is 465 g/mol. The first-order valence-corrected chi connectivity index (χ1v) is 8.65. The fourth-order valence-corrected chi connectivity index (χ4v) is 2.76. The topological polar surface area (TPSA) is 43.1 Å². The van der Waals surface area contributed by atoms with Crippen LogP contribution >= 0.6 is 0 Å². The molecule has 0 N–H and O–H groups in total. The van der Waals surface area contributed by atoms with Crippen LogP contribution in [-0.2, 0) is 34.1 Å². The molecule has 0 atom stereocenters. The zero-order valence-corrected chi connectivity index (χ0v) is 17.6. The fraction of sp³-hybridized carbons (Fsp3) is 0. The second-order valence-electron chi connectivity index (χ2n) is 5.85. The predicted molar refractivity (Wildman–Crippen MR) is 106 cm³/mol. The average Bonchev–Trinajstić information content (AvgIpc) is 3.41. The molecule has 5 aliphatic rings. The van der Waals surface area contributed by atoms with Gasteiger partial charge in [0, 0.05) is 11.8 Å². The maximum absolute atomic E-state index is 10.6. The molecule has 0 amide bonds. The summed E-state index contributed by atoms with van der Waals surface area (Å²) in [7, 11) is 0. The summed E-state index contributed by atoms with van der Waals surface area (Å²) in [5.74, 6) is 2.10. The number of hydrogen-bond acceptors (Lipinski definition) is 2. The number of rotatable bonds is 3. The van der Waals surface area contributed by atoms with E-state index >= 15 is 0 Å². The van der Waals surface area contributed by atoms with Gasteiger partial charge >= 0.3 is 34.1 Å². The van der Waals surface area contributed by atoms with Gasteiger partial charge in [0.05, 0.1) is 10.5 Å². The maximum atomic E-state index is 10.6. The third-order valence-corrected chi connectivity index (χ3v) is 3.97. The van der Waals surface area contributed by atoms with Gasteiger partial charge in [0.1, 0.15) is 0 Å². The van der Waals surface area contributed by atoms with Gasteiger partial charge < -0.3 is 0 Å². The molecule has 0 aliphatic heterocycles. The van der Waals surface area contributed by atoms with Crippen molar-refractivity contribution >= 4 is 0 Å². The van der Waals surface area contributed by atoms with Gasteiger partial charge in [0.15, 0.2) is 0 Å². The summed E-state index contributed by atoms with van der Waals surface area (Å²) < 4.78 is 0. The van der Waals surface area contributed by atoms with Crippen molar-refractivity contribution < 1.29 is 39.1 Å². The van der Waals surface area contributed by atoms with Gasteiger partial charge in [-0.3, -0.25) is 10.1 Å². The van der Waals surface area contributed by atoms with E-state index in [1.807, 2.05) is 116 Å². The molecule has 0 saturated heterocycles. The van der Waals surface area contributed by atoms with Crippen molar-refractivity contribution in [3.8, 4) is 0 Å². The molecule has 0 aromatic heterocycles. The molecule has 0 aromatic carbocycles. The summed E-state index contributed by atoms with van der Waals surface area (Å²) in [6.07, 6.45) is 36.7. The van der Waals surface area contributed by atoms with Crippen LogP contribution in [0.15, 0.2) is 22.9 Å². The smallest absolute Gasteiger partial charge is 0.259 e. The molecule has 4 saturated carbocycles. The van der Waals surface area contributed by atoms with Crippen molar-refractivity contribution in [2.45, 2.75) is 0 Å². The van der Waals surface area contributed by atoms with Crippen molar-refractivity contribution in [3.63, 3.8) is 0 Å². The third kappa shape index (κ3) is 8.90. The van der Waals surface area contributed by atoms with E-state index in [0.29, 0.717) is 0 Å².